The molecule has 1 atom stereocenters. The molecule has 1 unspecified atom stereocenters. The zero-order chi connectivity index (χ0) is 17.7. The fourth-order valence-corrected chi connectivity index (χ4v) is 2.66. The average molecular weight is 328 g/mol. The van der Waals surface area contributed by atoms with Gasteiger partial charge in [0.05, 0.1) is 18.6 Å². The summed E-state index contributed by atoms with van der Waals surface area (Å²) in [6.45, 7) is 1.99. The molecule has 0 radical (unpaired) electrons. The van der Waals surface area contributed by atoms with Crippen LogP contribution in [0.5, 0.6) is 5.75 Å². The van der Waals surface area contributed by atoms with Crippen molar-refractivity contribution in [3.8, 4) is 5.75 Å². The van der Waals surface area contributed by atoms with Crippen LogP contribution >= 0.6 is 0 Å². The largest absolute Gasteiger partial charge is 0.496 e. The molecule has 24 heavy (non-hydrogen) atoms. The number of hydrogen-bond acceptors (Lipinski definition) is 3. The quantitative estimate of drug-likeness (QED) is 0.814. The van der Waals surface area contributed by atoms with Gasteiger partial charge in [-0.25, -0.2) is 4.79 Å². The minimum atomic E-state index is -1.00. The number of carbonyl (C=O) groups is 2. The molecule has 0 amide bonds. The number of methoxy groups -OCH3 is 1. The predicted molar refractivity (Wildman–Crippen MR) is 89.9 cm³/mol. The van der Waals surface area contributed by atoms with E-state index in [9.17, 15) is 14.7 Å². The summed E-state index contributed by atoms with van der Waals surface area (Å²) < 4.78 is 5.28. The minimum Gasteiger partial charge on any atom is -0.496 e. The minimum absolute atomic E-state index is 0.184. The van der Waals surface area contributed by atoms with Crippen LogP contribution in [0.1, 0.15) is 39.9 Å². The fraction of sp³-hybridized carbons (Fsp3) is 0.263. The maximum Gasteiger partial charge on any atom is 0.335 e. The van der Waals surface area contributed by atoms with Crippen LogP contribution in [0, 0.1) is 0 Å². The van der Waals surface area contributed by atoms with Gasteiger partial charge in [-0.2, -0.15) is 0 Å². The molecule has 0 heterocycles. The van der Waals surface area contributed by atoms with Crippen LogP contribution < -0.4 is 4.74 Å². The van der Waals surface area contributed by atoms with Crippen molar-refractivity contribution in [2.75, 3.05) is 7.11 Å². The molecule has 0 bridgehead atoms. The second-order valence-corrected chi connectivity index (χ2v) is 5.52. The number of aryl methyl sites for hydroxylation is 1. The Morgan fingerprint density at radius 1 is 1.08 bits per heavy atom. The van der Waals surface area contributed by atoms with Gasteiger partial charge < -0.3 is 14.9 Å². The van der Waals surface area contributed by atoms with Crippen molar-refractivity contribution in [1.82, 2.24) is 0 Å². The van der Waals surface area contributed by atoms with Crippen molar-refractivity contribution >= 4 is 11.9 Å². The smallest absolute Gasteiger partial charge is 0.335 e. The van der Waals surface area contributed by atoms with Crippen LogP contribution in [-0.4, -0.2) is 29.3 Å². The van der Waals surface area contributed by atoms with E-state index in [1.54, 1.807) is 31.4 Å². The van der Waals surface area contributed by atoms with E-state index < -0.39 is 17.9 Å². The van der Waals surface area contributed by atoms with E-state index in [4.69, 9.17) is 9.84 Å². The van der Waals surface area contributed by atoms with Crippen molar-refractivity contribution in [2.24, 2.45) is 0 Å². The Labute approximate surface area is 140 Å². The maximum absolute atomic E-state index is 11.7. The van der Waals surface area contributed by atoms with Gasteiger partial charge in [0.15, 0.2) is 0 Å². The zero-order valence-electron chi connectivity index (χ0n) is 13.7. The van der Waals surface area contributed by atoms with Crippen LogP contribution in [0.2, 0.25) is 0 Å². The number of carboxylic acid groups (broad SMARTS) is 2. The van der Waals surface area contributed by atoms with E-state index in [2.05, 4.69) is 0 Å². The summed E-state index contributed by atoms with van der Waals surface area (Å²) in [5.41, 5.74) is 2.63. The molecule has 2 N–H and O–H groups in total. The van der Waals surface area contributed by atoms with E-state index in [1.165, 1.54) is 12.1 Å². The summed E-state index contributed by atoms with van der Waals surface area (Å²) in [7, 11) is 1.59. The summed E-state index contributed by atoms with van der Waals surface area (Å²) in [4.78, 5) is 22.6. The van der Waals surface area contributed by atoms with E-state index in [-0.39, 0.29) is 5.56 Å². The van der Waals surface area contributed by atoms with Crippen LogP contribution in [-0.2, 0) is 17.6 Å². The fourth-order valence-electron chi connectivity index (χ4n) is 2.66. The molecule has 0 fully saturated rings. The molecule has 126 valence electrons. The monoisotopic (exact) mass is 328 g/mol. The molecule has 0 saturated carbocycles. The standard InChI is InChI=1S/C19H20O5/c1-3-13-11-15(8-9-17(13)24-2)16(19(22)23)10-12-4-6-14(7-5-12)18(20)21/h4-9,11,16H,3,10H2,1-2H3,(H,20,21)(H,22,23). The Bertz CT molecular complexity index is 734. The third kappa shape index (κ3) is 3.93. The predicted octanol–water partition coefficient (Wildman–Crippen LogP) is 3.37. The Morgan fingerprint density at radius 2 is 1.75 bits per heavy atom. The van der Waals surface area contributed by atoms with E-state index in [0.29, 0.717) is 12.0 Å². The second kappa shape index (κ2) is 7.64. The second-order valence-electron chi connectivity index (χ2n) is 5.52. The molecule has 2 aromatic carbocycles. The van der Waals surface area contributed by atoms with E-state index >= 15 is 0 Å². The van der Waals surface area contributed by atoms with Gasteiger partial charge in [0, 0.05) is 0 Å². The van der Waals surface area contributed by atoms with Gasteiger partial charge in [-0.05, 0) is 47.7 Å². The number of benzene rings is 2. The molecule has 0 aliphatic carbocycles. The van der Waals surface area contributed by atoms with Crippen molar-refractivity contribution < 1.29 is 24.5 Å². The summed E-state index contributed by atoms with van der Waals surface area (Å²) in [6.07, 6.45) is 1.04. The first-order valence-electron chi connectivity index (χ1n) is 7.68. The Balaban J connectivity index is 2.29. The number of aromatic carboxylic acids is 1. The topological polar surface area (TPSA) is 83.8 Å². The lowest BCUT2D eigenvalue weighted by Crippen LogP contribution is -2.15. The van der Waals surface area contributed by atoms with Crippen molar-refractivity contribution in [3.05, 3.63) is 64.7 Å². The first kappa shape index (κ1) is 17.5. The third-order valence-electron chi connectivity index (χ3n) is 4.03. The number of aliphatic carboxylic acids is 1. The summed E-state index contributed by atoms with van der Waals surface area (Å²) >= 11 is 0. The Hall–Kier alpha value is -2.82. The van der Waals surface area contributed by atoms with Crippen LogP contribution in [0.4, 0.5) is 0 Å². The summed E-state index contributed by atoms with van der Waals surface area (Å²) in [5, 5.41) is 18.5. The first-order chi connectivity index (χ1) is 11.5. The van der Waals surface area contributed by atoms with Gasteiger partial charge in [-0.15, -0.1) is 0 Å². The molecule has 0 saturated heterocycles. The summed E-state index contributed by atoms with van der Waals surface area (Å²) in [6, 6.07) is 11.7. The molecule has 0 aliphatic heterocycles. The highest BCUT2D eigenvalue weighted by Crippen LogP contribution is 2.27. The van der Waals surface area contributed by atoms with Crippen LogP contribution in [0.3, 0.4) is 0 Å². The normalized spacial score (nSPS) is 11.8. The highest BCUT2D eigenvalue weighted by atomic mass is 16.5. The molecule has 0 spiro atoms. The summed E-state index contributed by atoms with van der Waals surface area (Å²) in [5.74, 6) is -1.86. The highest BCUT2D eigenvalue weighted by Gasteiger charge is 2.21. The van der Waals surface area contributed by atoms with Gasteiger partial charge in [-0.1, -0.05) is 31.2 Å². The molecule has 0 aromatic heterocycles. The zero-order valence-corrected chi connectivity index (χ0v) is 13.7. The van der Waals surface area contributed by atoms with Gasteiger partial charge in [0.2, 0.25) is 0 Å². The van der Waals surface area contributed by atoms with E-state index in [1.807, 2.05) is 13.0 Å². The van der Waals surface area contributed by atoms with Gasteiger partial charge in [-0.3, -0.25) is 4.79 Å². The Kier molecular flexibility index (Phi) is 5.58. The maximum atomic E-state index is 11.7. The van der Waals surface area contributed by atoms with Gasteiger partial charge in [0.25, 0.3) is 0 Å². The van der Waals surface area contributed by atoms with Crippen LogP contribution in [0.15, 0.2) is 42.5 Å². The number of ether oxygens (including phenoxy) is 1. The van der Waals surface area contributed by atoms with E-state index in [0.717, 1.165) is 23.3 Å². The van der Waals surface area contributed by atoms with Gasteiger partial charge >= 0.3 is 11.9 Å². The lowest BCUT2D eigenvalue weighted by atomic mass is 9.90. The van der Waals surface area contributed by atoms with Crippen molar-refractivity contribution in [1.29, 1.82) is 0 Å². The molecule has 5 nitrogen and oxygen atoms in total. The number of rotatable bonds is 7. The molecule has 0 aliphatic rings. The molecular formula is C19H20O5. The first-order valence-corrected chi connectivity index (χ1v) is 7.68. The van der Waals surface area contributed by atoms with Crippen molar-refractivity contribution in [2.45, 2.75) is 25.7 Å². The molecular weight excluding hydrogens is 308 g/mol. The molecule has 2 rings (SSSR count). The number of carboxylic acids is 2. The highest BCUT2D eigenvalue weighted by molar-refractivity contribution is 5.87. The Morgan fingerprint density at radius 3 is 2.25 bits per heavy atom. The molecule has 5 heteroatoms. The average Bonchev–Trinajstić information content (AvgIpc) is 2.59. The third-order valence-corrected chi connectivity index (χ3v) is 4.03. The lowest BCUT2D eigenvalue weighted by molar-refractivity contribution is -0.138. The van der Waals surface area contributed by atoms with Crippen LogP contribution in [0.25, 0.3) is 0 Å². The van der Waals surface area contributed by atoms with Gasteiger partial charge in [0.1, 0.15) is 5.75 Å². The van der Waals surface area contributed by atoms with Crippen molar-refractivity contribution in [3.63, 3.8) is 0 Å². The lowest BCUT2D eigenvalue weighted by Gasteiger charge is -2.16. The molecule has 2 aromatic rings. The SMILES string of the molecule is CCc1cc(C(Cc2ccc(C(=O)O)cc2)C(=O)O)ccc1OC. The number of hydrogen-bond donors (Lipinski definition) is 2.